The summed E-state index contributed by atoms with van der Waals surface area (Å²) in [6, 6.07) is 28.9. The molecule has 0 aliphatic heterocycles. The van der Waals surface area contributed by atoms with E-state index in [1.165, 1.54) is 31.2 Å². The second-order valence-electron chi connectivity index (χ2n) is 11.5. The molecule has 51 heavy (non-hydrogen) atoms. The molecule has 0 spiro atoms. The van der Waals surface area contributed by atoms with E-state index < -0.39 is 23.6 Å². The van der Waals surface area contributed by atoms with E-state index in [0.717, 1.165) is 11.1 Å². The SMILES string of the molecule is CC(=O)Nc1cccc(NC(=O)c2cc(C(=O)Nc3cccc(C)c3)cc(C(=O)Nc3cccc(NC(=O)c4cc(C)cc([C-]=O)c4)c3)c2)c1.[Y]. The van der Waals surface area contributed by atoms with Gasteiger partial charge in [-0.2, -0.15) is 6.07 Å². The maximum Gasteiger partial charge on any atom is 0.255 e. The standard InChI is InChI=1S/C39H32N5O6.Y/c1-23-7-4-8-31(15-23)41-37(48)28-17-29(38(49)43-33-10-5-9-32(20-33)40-25(3)46)19-30(18-28)39(50)44-35-12-6-11-34(21-35)42-36(47)27-14-24(2)13-26(16-27)22-45;/h4-21H,1-3H3,(H,40,46)(H,41,48)(H,42,47)(H,43,49)(H,44,50);/q-1;. The van der Waals surface area contributed by atoms with Gasteiger partial charge in [0, 0.05) is 84.8 Å². The van der Waals surface area contributed by atoms with Crippen LogP contribution in [0.15, 0.2) is 109 Å². The van der Waals surface area contributed by atoms with Crippen LogP contribution in [0.1, 0.15) is 65.0 Å². The van der Waals surface area contributed by atoms with Gasteiger partial charge in [0.05, 0.1) is 6.29 Å². The minimum atomic E-state index is -0.620. The van der Waals surface area contributed by atoms with Crippen molar-refractivity contribution < 1.29 is 61.5 Å². The molecule has 1 radical (unpaired) electrons. The summed E-state index contributed by atoms with van der Waals surface area (Å²) in [6.07, 6.45) is 1.79. The quantitative estimate of drug-likeness (QED) is 0.0994. The van der Waals surface area contributed by atoms with Gasteiger partial charge in [0.2, 0.25) is 11.8 Å². The number of rotatable bonds is 10. The molecule has 0 aromatic heterocycles. The Morgan fingerprint density at radius 1 is 0.451 bits per heavy atom. The average molecular weight is 756 g/mol. The molecule has 5 amide bonds. The first-order valence-corrected chi connectivity index (χ1v) is 15.4. The van der Waals surface area contributed by atoms with Gasteiger partial charge in [0.1, 0.15) is 0 Å². The van der Waals surface area contributed by atoms with Gasteiger partial charge in [-0.3, -0.25) is 24.0 Å². The summed E-state index contributed by atoms with van der Waals surface area (Å²) >= 11 is 0. The first kappa shape index (κ1) is 38.0. The molecule has 0 bridgehead atoms. The second kappa shape index (κ2) is 17.2. The fourth-order valence-electron chi connectivity index (χ4n) is 5.08. The minimum absolute atomic E-state index is 0. The van der Waals surface area contributed by atoms with E-state index in [2.05, 4.69) is 26.6 Å². The number of amides is 5. The topological polar surface area (TPSA) is 163 Å². The number of carbonyl (C=O) groups is 5. The molecular formula is C39H32N5O6Y-. The smallest absolute Gasteiger partial charge is 0.255 e. The van der Waals surface area contributed by atoms with Crippen LogP contribution in [-0.4, -0.2) is 35.8 Å². The van der Waals surface area contributed by atoms with Crippen LogP contribution >= 0.6 is 0 Å². The van der Waals surface area contributed by atoms with Crippen LogP contribution in [0.25, 0.3) is 0 Å². The van der Waals surface area contributed by atoms with Crippen molar-refractivity contribution in [3.05, 3.63) is 148 Å². The van der Waals surface area contributed by atoms with Gasteiger partial charge in [-0.25, -0.2) is 0 Å². The van der Waals surface area contributed by atoms with Crippen LogP contribution in [0.5, 0.6) is 0 Å². The molecule has 11 nitrogen and oxygen atoms in total. The average Bonchev–Trinajstić information content (AvgIpc) is 3.07. The van der Waals surface area contributed by atoms with Crippen molar-refractivity contribution in [2.75, 3.05) is 26.6 Å². The van der Waals surface area contributed by atoms with E-state index in [1.807, 2.05) is 13.0 Å². The van der Waals surface area contributed by atoms with Crippen LogP contribution in [0.3, 0.4) is 0 Å². The van der Waals surface area contributed by atoms with Crippen molar-refractivity contribution in [2.45, 2.75) is 20.8 Å². The number of hydrogen-bond donors (Lipinski definition) is 5. The summed E-state index contributed by atoms with van der Waals surface area (Å²) in [5.41, 5.74) is 4.37. The number of benzene rings is 5. The maximum atomic E-state index is 13.6. The number of carbonyl (C=O) groups excluding carboxylic acids is 6. The van der Waals surface area contributed by atoms with Gasteiger partial charge in [0.15, 0.2) is 0 Å². The molecule has 5 rings (SSSR count). The van der Waals surface area contributed by atoms with E-state index in [4.69, 9.17) is 0 Å². The third-order valence-corrected chi connectivity index (χ3v) is 7.27. The van der Waals surface area contributed by atoms with Crippen LogP contribution in [0.4, 0.5) is 28.4 Å². The number of anilines is 5. The summed E-state index contributed by atoms with van der Waals surface area (Å²) < 4.78 is 0. The summed E-state index contributed by atoms with van der Waals surface area (Å²) in [7, 11) is 0. The molecule has 0 saturated carbocycles. The maximum absolute atomic E-state index is 13.6. The van der Waals surface area contributed by atoms with E-state index in [1.54, 1.807) is 92.1 Å². The molecule has 0 fully saturated rings. The van der Waals surface area contributed by atoms with E-state index in [-0.39, 0.29) is 66.4 Å². The molecule has 5 aromatic carbocycles. The Kier molecular flexibility index (Phi) is 12.9. The Morgan fingerprint density at radius 3 is 1.22 bits per heavy atom. The summed E-state index contributed by atoms with van der Waals surface area (Å²) in [5, 5.41) is 13.7. The van der Waals surface area contributed by atoms with Gasteiger partial charge >= 0.3 is 0 Å². The number of nitrogens with one attached hydrogen (secondary N) is 5. The minimum Gasteiger partial charge on any atom is -0.376 e. The zero-order valence-corrected chi connectivity index (χ0v) is 30.8. The molecule has 253 valence electrons. The Balaban J connectivity index is 0.00000583. The molecule has 0 aliphatic carbocycles. The molecule has 12 heteroatoms. The first-order chi connectivity index (χ1) is 23.9. The second-order valence-corrected chi connectivity index (χ2v) is 11.5. The first-order valence-electron chi connectivity index (χ1n) is 15.4. The number of aryl methyl sites for hydroxylation is 2. The monoisotopic (exact) mass is 755 g/mol. The molecule has 5 N–H and O–H groups in total. The third-order valence-electron chi connectivity index (χ3n) is 7.27. The molecular weight excluding hydrogens is 723 g/mol. The van der Waals surface area contributed by atoms with Crippen molar-refractivity contribution in [1.82, 2.24) is 0 Å². The fourth-order valence-corrected chi connectivity index (χ4v) is 5.08. The van der Waals surface area contributed by atoms with Gasteiger partial charge < -0.3 is 31.4 Å². The van der Waals surface area contributed by atoms with E-state index in [0.29, 0.717) is 28.4 Å². The molecule has 0 saturated heterocycles. The van der Waals surface area contributed by atoms with Crippen molar-refractivity contribution >= 4 is 64.3 Å². The third kappa shape index (κ3) is 10.6. The summed E-state index contributed by atoms with van der Waals surface area (Å²) in [6.45, 7) is 5.01. The molecule has 5 aromatic rings. The van der Waals surface area contributed by atoms with Crippen molar-refractivity contribution in [1.29, 1.82) is 0 Å². The van der Waals surface area contributed by atoms with Crippen molar-refractivity contribution in [3.63, 3.8) is 0 Å². The van der Waals surface area contributed by atoms with Crippen molar-refractivity contribution in [3.8, 4) is 0 Å². The number of hydrogen-bond acceptors (Lipinski definition) is 6. The Bertz CT molecular complexity index is 2170. The van der Waals surface area contributed by atoms with E-state index >= 15 is 0 Å². The van der Waals surface area contributed by atoms with Crippen LogP contribution in [0, 0.1) is 13.8 Å². The zero-order chi connectivity index (χ0) is 35.8. The largest absolute Gasteiger partial charge is 0.376 e. The van der Waals surface area contributed by atoms with Gasteiger partial charge in [-0.05, 0) is 84.8 Å². The molecule has 0 heterocycles. The summed E-state index contributed by atoms with van der Waals surface area (Å²) in [4.78, 5) is 76.0. The Labute approximate surface area is 319 Å². The van der Waals surface area contributed by atoms with Gasteiger partial charge in [-0.15, -0.1) is 17.2 Å². The molecule has 0 atom stereocenters. The molecule has 0 aliphatic rings. The molecule has 0 unspecified atom stereocenters. The predicted octanol–water partition coefficient (Wildman–Crippen LogP) is 6.73. The van der Waals surface area contributed by atoms with Crippen molar-refractivity contribution in [2.24, 2.45) is 0 Å². The summed E-state index contributed by atoms with van der Waals surface area (Å²) in [5.74, 6) is -2.49. The van der Waals surface area contributed by atoms with Crippen LogP contribution < -0.4 is 26.6 Å². The normalized spacial score (nSPS) is 10.2. The van der Waals surface area contributed by atoms with E-state index in [9.17, 15) is 28.8 Å². The van der Waals surface area contributed by atoms with Gasteiger partial charge in [0.25, 0.3) is 17.7 Å². The Morgan fingerprint density at radius 2 is 0.824 bits per heavy atom. The fraction of sp³-hybridized carbons (Fsp3) is 0.0769. The van der Waals surface area contributed by atoms with Crippen LogP contribution in [-0.2, 0) is 42.3 Å². The predicted molar refractivity (Wildman–Crippen MR) is 193 cm³/mol. The zero-order valence-electron chi connectivity index (χ0n) is 27.9. The van der Waals surface area contributed by atoms with Gasteiger partial charge in [-0.1, -0.05) is 37.3 Å². The van der Waals surface area contributed by atoms with Crippen LogP contribution in [0.2, 0.25) is 0 Å². The Hall–Kier alpha value is -5.78.